The van der Waals surface area contributed by atoms with Gasteiger partial charge in [0.2, 0.25) is 0 Å². The molecule has 0 radical (unpaired) electrons. The van der Waals surface area contributed by atoms with Crippen molar-refractivity contribution >= 4 is 17.0 Å². The molecule has 1 aromatic carbocycles. The maximum absolute atomic E-state index is 8.84. The van der Waals surface area contributed by atoms with Gasteiger partial charge in [0.1, 0.15) is 16.7 Å². The first-order valence-electron chi connectivity index (χ1n) is 5.66. The maximum atomic E-state index is 8.84. The average Bonchev–Trinajstić information content (AvgIpc) is 2.75. The van der Waals surface area contributed by atoms with Gasteiger partial charge in [0.05, 0.1) is 6.10 Å². The number of hydrogen-bond donors (Lipinski definition) is 1. The zero-order valence-electron chi connectivity index (χ0n) is 10.3. The zero-order valence-corrected chi connectivity index (χ0v) is 11.1. The maximum Gasteiger partial charge on any atom is 0.122 e. The molecule has 0 saturated carbocycles. The lowest BCUT2D eigenvalue weighted by Crippen LogP contribution is -2.05. The standard InChI is InChI=1S/C14H14N2OS/c1-9(2)17-12-6-10(5-11(16)7-12)14-4-3-13(8-15)18-14/h3-7,9H,16H2,1-2H3. The molecule has 2 aromatic rings. The number of hydrogen-bond acceptors (Lipinski definition) is 4. The molecule has 18 heavy (non-hydrogen) atoms. The number of nitrogen functional groups attached to an aromatic ring is 1. The van der Waals surface area contributed by atoms with Crippen LogP contribution in [0.4, 0.5) is 5.69 Å². The minimum atomic E-state index is 0.109. The predicted octanol–water partition coefficient (Wildman–Crippen LogP) is 3.66. The van der Waals surface area contributed by atoms with Crippen molar-refractivity contribution in [1.82, 2.24) is 0 Å². The van der Waals surface area contributed by atoms with Crippen LogP contribution >= 0.6 is 11.3 Å². The Labute approximate surface area is 110 Å². The molecule has 0 saturated heterocycles. The van der Waals surface area contributed by atoms with Crippen molar-refractivity contribution in [2.45, 2.75) is 20.0 Å². The van der Waals surface area contributed by atoms with Crippen molar-refractivity contribution in [1.29, 1.82) is 5.26 Å². The Morgan fingerprint density at radius 3 is 2.67 bits per heavy atom. The highest BCUT2D eigenvalue weighted by Crippen LogP contribution is 2.32. The molecule has 92 valence electrons. The van der Waals surface area contributed by atoms with E-state index >= 15 is 0 Å². The zero-order chi connectivity index (χ0) is 13.1. The van der Waals surface area contributed by atoms with Crippen LogP contribution in [0, 0.1) is 11.3 Å². The highest BCUT2D eigenvalue weighted by atomic mass is 32.1. The van der Waals surface area contributed by atoms with Crippen LogP contribution in [0.2, 0.25) is 0 Å². The fraction of sp³-hybridized carbons (Fsp3) is 0.214. The lowest BCUT2D eigenvalue weighted by Gasteiger charge is -2.11. The number of ether oxygens (including phenoxy) is 1. The van der Waals surface area contributed by atoms with Crippen molar-refractivity contribution in [2.24, 2.45) is 0 Å². The van der Waals surface area contributed by atoms with Crippen LogP contribution in [0.5, 0.6) is 5.75 Å². The molecule has 0 atom stereocenters. The van der Waals surface area contributed by atoms with Crippen molar-refractivity contribution < 1.29 is 4.74 Å². The van der Waals surface area contributed by atoms with Crippen LogP contribution in [0.25, 0.3) is 10.4 Å². The van der Waals surface area contributed by atoms with Gasteiger partial charge in [-0.15, -0.1) is 11.3 Å². The Balaban J connectivity index is 2.38. The van der Waals surface area contributed by atoms with Crippen LogP contribution in [0.3, 0.4) is 0 Å². The van der Waals surface area contributed by atoms with E-state index in [0.29, 0.717) is 10.6 Å². The van der Waals surface area contributed by atoms with E-state index in [1.54, 1.807) is 0 Å². The SMILES string of the molecule is CC(C)Oc1cc(N)cc(-c2ccc(C#N)s2)c1. The lowest BCUT2D eigenvalue weighted by atomic mass is 10.1. The van der Waals surface area contributed by atoms with Gasteiger partial charge in [0.25, 0.3) is 0 Å². The average molecular weight is 258 g/mol. The second-order valence-electron chi connectivity index (χ2n) is 4.23. The highest BCUT2D eigenvalue weighted by molar-refractivity contribution is 7.16. The molecule has 0 aliphatic carbocycles. The van der Waals surface area contributed by atoms with Gasteiger partial charge in [-0.3, -0.25) is 0 Å². The number of benzene rings is 1. The minimum absolute atomic E-state index is 0.109. The number of rotatable bonds is 3. The largest absolute Gasteiger partial charge is 0.491 e. The van der Waals surface area contributed by atoms with E-state index in [9.17, 15) is 0 Å². The van der Waals surface area contributed by atoms with E-state index in [-0.39, 0.29) is 6.10 Å². The number of nitrogens with two attached hydrogens (primary N) is 1. The van der Waals surface area contributed by atoms with Crippen LogP contribution in [-0.2, 0) is 0 Å². The molecule has 0 aliphatic heterocycles. The van der Waals surface area contributed by atoms with Gasteiger partial charge in [-0.25, -0.2) is 0 Å². The molecule has 1 heterocycles. The lowest BCUT2D eigenvalue weighted by molar-refractivity contribution is 0.242. The van der Waals surface area contributed by atoms with Crippen LogP contribution in [0.1, 0.15) is 18.7 Å². The number of anilines is 1. The molecule has 0 unspecified atom stereocenters. The molecular weight excluding hydrogens is 244 g/mol. The van der Waals surface area contributed by atoms with E-state index in [1.807, 2.05) is 44.2 Å². The van der Waals surface area contributed by atoms with Crippen LogP contribution < -0.4 is 10.5 Å². The highest BCUT2D eigenvalue weighted by Gasteiger charge is 2.07. The van der Waals surface area contributed by atoms with Gasteiger partial charge >= 0.3 is 0 Å². The third kappa shape index (κ3) is 2.82. The Morgan fingerprint density at radius 1 is 1.28 bits per heavy atom. The summed E-state index contributed by atoms with van der Waals surface area (Å²) in [4.78, 5) is 1.71. The summed E-state index contributed by atoms with van der Waals surface area (Å²) in [6.07, 6.45) is 0.109. The van der Waals surface area contributed by atoms with Crippen molar-refractivity contribution in [2.75, 3.05) is 5.73 Å². The molecule has 0 spiro atoms. The summed E-state index contributed by atoms with van der Waals surface area (Å²) in [5, 5.41) is 8.84. The minimum Gasteiger partial charge on any atom is -0.491 e. The second kappa shape index (κ2) is 5.11. The van der Waals surface area contributed by atoms with E-state index in [1.165, 1.54) is 11.3 Å². The fourth-order valence-corrected chi connectivity index (χ4v) is 2.45. The van der Waals surface area contributed by atoms with E-state index in [2.05, 4.69) is 6.07 Å². The Kier molecular flexibility index (Phi) is 3.54. The molecule has 2 N–H and O–H groups in total. The number of thiophene rings is 1. The van der Waals surface area contributed by atoms with Crippen molar-refractivity contribution in [3.63, 3.8) is 0 Å². The van der Waals surface area contributed by atoms with Crippen molar-refractivity contribution in [3.05, 3.63) is 35.2 Å². The normalized spacial score (nSPS) is 10.3. The quantitative estimate of drug-likeness (QED) is 0.855. The Hall–Kier alpha value is -1.99. The molecule has 4 heteroatoms. The van der Waals surface area contributed by atoms with Gasteiger partial charge in [-0.1, -0.05) is 0 Å². The first kappa shape index (κ1) is 12.5. The summed E-state index contributed by atoms with van der Waals surface area (Å²) in [5.74, 6) is 0.756. The monoisotopic (exact) mass is 258 g/mol. The molecular formula is C14H14N2OS. The summed E-state index contributed by atoms with van der Waals surface area (Å²) < 4.78 is 5.65. The predicted molar refractivity (Wildman–Crippen MR) is 74.6 cm³/mol. The summed E-state index contributed by atoms with van der Waals surface area (Å²) in [6, 6.07) is 11.5. The van der Waals surface area contributed by atoms with Gasteiger partial charge < -0.3 is 10.5 Å². The second-order valence-corrected chi connectivity index (χ2v) is 5.32. The summed E-state index contributed by atoms with van der Waals surface area (Å²) in [5.41, 5.74) is 7.52. The molecule has 3 nitrogen and oxygen atoms in total. The first-order chi connectivity index (χ1) is 8.58. The molecule has 0 aliphatic rings. The Bertz CT molecular complexity index is 596. The number of nitrogens with zero attached hydrogens (tertiary/aromatic N) is 1. The summed E-state index contributed by atoms with van der Waals surface area (Å²) in [7, 11) is 0. The molecule has 1 aromatic heterocycles. The molecule has 0 amide bonds. The van der Waals surface area contributed by atoms with Gasteiger partial charge in [0, 0.05) is 16.6 Å². The smallest absolute Gasteiger partial charge is 0.122 e. The third-order valence-corrected chi connectivity index (χ3v) is 3.34. The van der Waals surface area contributed by atoms with Crippen LogP contribution in [-0.4, -0.2) is 6.10 Å². The Morgan fingerprint density at radius 2 is 2.06 bits per heavy atom. The van der Waals surface area contributed by atoms with Crippen molar-refractivity contribution in [3.8, 4) is 22.3 Å². The fourth-order valence-electron chi connectivity index (χ4n) is 1.66. The molecule has 2 rings (SSSR count). The number of nitriles is 1. The molecule has 0 bridgehead atoms. The summed E-state index contributed by atoms with van der Waals surface area (Å²) >= 11 is 1.45. The summed E-state index contributed by atoms with van der Waals surface area (Å²) in [6.45, 7) is 3.95. The topological polar surface area (TPSA) is 59.0 Å². The van der Waals surface area contributed by atoms with Gasteiger partial charge in [0.15, 0.2) is 0 Å². The van der Waals surface area contributed by atoms with E-state index in [0.717, 1.165) is 16.2 Å². The van der Waals surface area contributed by atoms with Gasteiger partial charge in [-0.2, -0.15) is 5.26 Å². The van der Waals surface area contributed by atoms with E-state index < -0.39 is 0 Å². The third-order valence-electron chi connectivity index (χ3n) is 2.30. The van der Waals surface area contributed by atoms with E-state index in [4.69, 9.17) is 15.7 Å². The molecule has 0 fully saturated rings. The van der Waals surface area contributed by atoms with Crippen LogP contribution in [0.15, 0.2) is 30.3 Å². The van der Waals surface area contributed by atoms with Gasteiger partial charge in [-0.05, 0) is 43.7 Å². The first-order valence-corrected chi connectivity index (χ1v) is 6.47.